The molecule has 88 valence electrons. The van der Waals surface area contributed by atoms with Crippen LogP contribution < -0.4 is 4.90 Å². The Kier molecular flexibility index (Phi) is 4.76. The molecule has 1 aromatic rings. The van der Waals surface area contributed by atoms with E-state index < -0.39 is 5.97 Å². The van der Waals surface area contributed by atoms with Gasteiger partial charge in [0.25, 0.3) is 0 Å². The third-order valence-electron chi connectivity index (χ3n) is 2.37. The lowest BCUT2D eigenvalue weighted by atomic mass is 10.2. The van der Waals surface area contributed by atoms with E-state index >= 15 is 0 Å². The summed E-state index contributed by atoms with van der Waals surface area (Å²) in [5, 5.41) is 8.70. The minimum absolute atomic E-state index is 0.149. The van der Waals surface area contributed by atoms with Gasteiger partial charge < -0.3 is 10.0 Å². The molecule has 0 bridgehead atoms. The van der Waals surface area contributed by atoms with Crippen molar-refractivity contribution < 1.29 is 9.90 Å². The smallest absolute Gasteiger partial charge is 0.305 e. The number of anilines is 1. The maximum atomic E-state index is 10.6. The number of nitrogens with zero attached hydrogens (tertiary/aromatic N) is 2. The van der Waals surface area contributed by atoms with E-state index in [1.165, 1.54) is 0 Å². The molecule has 0 aromatic carbocycles. The van der Waals surface area contributed by atoms with Crippen LogP contribution in [0.5, 0.6) is 0 Å². The molecule has 0 spiro atoms. The van der Waals surface area contributed by atoms with Gasteiger partial charge in [0.2, 0.25) is 0 Å². The maximum Gasteiger partial charge on any atom is 0.305 e. The lowest BCUT2D eigenvalue weighted by Gasteiger charge is -2.23. The van der Waals surface area contributed by atoms with Crippen LogP contribution in [0.3, 0.4) is 0 Å². The molecule has 1 rings (SSSR count). The molecule has 0 amide bonds. The molecule has 1 aromatic heterocycles. The quantitative estimate of drug-likeness (QED) is 0.800. The van der Waals surface area contributed by atoms with Gasteiger partial charge >= 0.3 is 5.97 Å². The van der Waals surface area contributed by atoms with Crippen LogP contribution in [0.15, 0.2) is 18.3 Å². The lowest BCUT2D eigenvalue weighted by molar-refractivity contribution is -0.136. The lowest BCUT2D eigenvalue weighted by Crippen LogP contribution is -2.28. The van der Waals surface area contributed by atoms with Crippen LogP contribution in [0.25, 0.3) is 0 Å². The van der Waals surface area contributed by atoms with Gasteiger partial charge in [0.1, 0.15) is 5.82 Å². The molecule has 0 unspecified atom stereocenters. The topological polar surface area (TPSA) is 53.4 Å². The first-order valence-corrected chi connectivity index (χ1v) is 5.53. The molecule has 0 atom stereocenters. The first kappa shape index (κ1) is 12.5. The Balaban J connectivity index is 2.76. The van der Waals surface area contributed by atoms with Crippen LogP contribution in [0, 0.1) is 6.92 Å². The Morgan fingerprint density at radius 1 is 1.50 bits per heavy atom. The van der Waals surface area contributed by atoms with Gasteiger partial charge in [-0.25, -0.2) is 4.98 Å². The van der Waals surface area contributed by atoms with Crippen LogP contribution in [0.1, 0.15) is 25.3 Å². The van der Waals surface area contributed by atoms with Crippen LogP contribution in [0.2, 0.25) is 0 Å². The summed E-state index contributed by atoms with van der Waals surface area (Å²) >= 11 is 0. The van der Waals surface area contributed by atoms with Gasteiger partial charge in [-0.15, -0.1) is 0 Å². The molecular weight excluding hydrogens is 204 g/mol. The van der Waals surface area contributed by atoms with Crippen LogP contribution in [-0.4, -0.2) is 29.1 Å². The van der Waals surface area contributed by atoms with Crippen molar-refractivity contribution in [2.45, 2.75) is 26.7 Å². The molecule has 1 N–H and O–H groups in total. The molecule has 4 nitrogen and oxygen atoms in total. The highest BCUT2D eigenvalue weighted by molar-refractivity contribution is 5.67. The summed E-state index contributed by atoms with van der Waals surface area (Å²) in [6.07, 6.45) is 2.87. The molecule has 0 aliphatic carbocycles. The molecule has 0 saturated carbocycles. The second kappa shape index (κ2) is 6.10. The zero-order valence-electron chi connectivity index (χ0n) is 9.81. The number of aliphatic carboxylic acids is 1. The van der Waals surface area contributed by atoms with Crippen molar-refractivity contribution in [1.29, 1.82) is 0 Å². The second-order valence-corrected chi connectivity index (χ2v) is 3.77. The number of pyridine rings is 1. The fraction of sp³-hybridized carbons (Fsp3) is 0.500. The van der Waals surface area contributed by atoms with Gasteiger partial charge in [0.05, 0.1) is 6.42 Å². The van der Waals surface area contributed by atoms with Crippen LogP contribution in [-0.2, 0) is 4.79 Å². The molecule has 0 saturated heterocycles. The van der Waals surface area contributed by atoms with E-state index in [1.54, 1.807) is 6.20 Å². The number of hydrogen-bond donors (Lipinski definition) is 1. The number of carbonyl (C=O) groups is 1. The SMILES string of the molecule is CCCN(CCC(=O)O)c1ncccc1C. The van der Waals surface area contributed by atoms with Crippen molar-refractivity contribution in [2.24, 2.45) is 0 Å². The Bertz CT molecular complexity index is 353. The van der Waals surface area contributed by atoms with Crippen molar-refractivity contribution in [1.82, 2.24) is 4.98 Å². The molecule has 4 heteroatoms. The summed E-state index contributed by atoms with van der Waals surface area (Å²) < 4.78 is 0. The number of rotatable bonds is 6. The maximum absolute atomic E-state index is 10.6. The predicted molar refractivity (Wildman–Crippen MR) is 63.7 cm³/mol. The minimum Gasteiger partial charge on any atom is -0.481 e. The summed E-state index contributed by atoms with van der Waals surface area (Å²) in [5.74, 6) is 0.125. The number of aryl methyl sites for hydroxylation is 1. The second-order valence-electron chi connectivity index (χ2n) is 3.77. The third-order valence-corrected chi connectivity index (χ3v) is 2.37. The highest BCUT2D eigenvalue weighted by Gasteiger charge is 2.10. The Morgan fingerprint density at radius 2 is 2.25 bits per heavy atom. The average Bonchev–Trinajstić information content (AvgIpc) is 2.25. The van der Waals surface area contributed by atoms with Crippen molar-refractivity contribution in [3.63, 3.8) is 0 Å². The summed E-state index contributed by atoms with van der Waals surface area (Å²) in [5.41, 5.74) is 1.08. The summed E-state index contributed by atoms with van der Waals surface area (Å²) in [7, 11) is 0. The van der Waals surface area contributed by atoms with Gasteiger partial charge in [0, 0.05) is 19.3 Å². The van der Waals surface area contributed by atoms with E-state index in [4.69, 9.17) is 5.11 Å². The summed E-state index contributed by atoms with van der Waals surface area (Å²) in [4.78, 5) is 16.9. The highest BCUT2D eigenvalue weighted by Crippen LogP contribution is 2.16. The Morgan fingerprint density at radius 3 is 2.81 bits per heavy atom. The van der Waals surface area contributed by atoms with Crippen molar-refractivity contribution in [2.75, 3.05) is 18.0 Å². The largest absolute Gasteiger partial charge is 0.481 e. The molecule has 0 fully saturated rings. The zero-order valence-corrected chi connectivity index (χ0v) is 9.81. The summed E-state index contributed by atoms with van der Waals surface area (Å²) in [6.45, 7) is 5.42. The van der Waals surface area contributed by atoms with Gasteiger partial charge in [0.15, 0.2) is 0 Å². The van der Waals surface area contributed by atoms with Gasteiger partial charge in [-0.3, -0.25) is 4.79 Å². The van der Waals surface area contributed by atoms with Gasteiger partial charge in [-0.05, 0) is 25.0 Å². The van der Waals surface area contributed by atoms with Crippen molar-refractivity contribution in [3.8, 4) is 0 Å². The Labute approximate surface area is 95.9 Å². The number of aromatic nitrogens is 1. The van der Waals surface area contributed by atoms with Crippen molar-refractivity contribution >= 4 is 11.8 Å². The molecule has 16 heavy (non-hydrogen) atoms. The van der Waals surface area contributed by atoms with E-state index in [0.29, 0.717) is 6.54 Å². The first-order chi connectivity index (χ1) is 7.65. The first-order valence-electron chi connectivity index (χ1n) is 5.53. The van der Waals surface area contributed by atoms with Crippen molar-refractivity contribution in [3.05, 3.63) is 23.9 Å². The zero-order chi connectivity index (χ0) is 12.0. The number of hydrogen-bond acceptors (Lipinski definition) is 3. The summed E-state index contributed by atoms with van der Waals surface area (Å²) in [6, 6.07) is 3.88. The van der Waals surface area contributed by atoms with Gasteiger partial charge in [-0.2, -0.15) is 0 Å². The van der Waals surface area contributed by atoms with E-state index in [0.717, 1.165) is 24.3 Å². The van der Waals surface area contributed by atoms with E-state index in [2.05, 4.69) is 11.9 Å². The molecule has 1 heterocycles. The fourth-order valence-electron chi connectivity index (χ4n) is 1.63. The van der Waals surface area contributed by atoms with E-state index in [-0.39, 0.29) is 6.42 Å². The molecule has 0 radical (unpaired) electrons. The minimum atomic E-state index is -0.769. The Hall–Kier alpha value is -1.58. The fourth-order valence-corrected chi connectivity index (χ4v) is 1.63. The van der Waals surface area contributed by atoms with Gasteiger partial charge in [-0.1, -0.05) is 13.0 Å². The average molecular weight is 222 g/mol. The highest BCUT2D eigenvalue weighted by atomic mass is 16.4. The van der Waals surface area contributed by atoms with E-state index in [9.17, 15) is 4.79 Å². The monoisotopic (exact) mass is 222 g/mol. The molecule has 0 aliphatic rings. The van der Waals surface area contributed by atoms with Crippen LogP contribution in [0.4, 0.5) is 5.82 Å². The van der Waals surface area contributed by atoms with E-state index in [1.807, 2.05) is 24.0 Å². The number of carboxylic acid groups (broad SMARTS) is 1. The predicted octanol–water partition coefficient (Wildman–Crippen LogP) is 2.08. The molecular formula is C12H18N2O2. The molecule has 0 aliphatic heterocycles. The standard InChI is InChI=1S/C12H18N2O2/c1-3-8-14(9-6-11(15)16)12-10(2)5-4-7-13-12/h4-5,7H,3,6,8-9H2,1-2H3,(H,15,16). The number of carboxylic acids is 1. The normalized spacial score (nSPS) is 10.1. The third kappa shape index (κ3) is 3.53. The van der Waals surface area contributed by atoms with Crippen LogP contribution >= 0.6 is 0 Å².